The largest absolute Gasteiger partial charge is 0.391 e. The smallest absolute Gasteiger partial charge is 0.245 e. The highest BCUT2D eigenvalue weighted by Gasteiger charge is 2.35. The fourth-order valence-corrected chi connectivity index (χ4v) is 1.62. The SMILES string of the molecule is CC(C)CC1NC(=O)C(C(C)O)NC1=O. The van der Waals surface area contributed by atoms with Crippen LogP contribution in [-0.2, 0) is 9.59 Å². The van der Waals surface area contributed by atoms with Gasteiger partial charge in [0, 0.05) is 0 Å². The number of aliphatic hydroxyl groups is 1. The van der Waals surface area contributed by atoms with Gasteiger partial charge in [-0.2, -0.15) is 0 Å². The summed E-state index contributed by atoms with van der Waals surface area (Å²) < 4.78 is 0. The zero-order valence-corrected chi connectivity index (χ0v) is 9.28. The van der Waals surface area contributed by atoms with Crippen molar-refractivity contribution in [3.8, 4) is 0 Å². The van der Waals surface area contributed by atoms with Crippen LogP contribution in [0.5, 0.6) is 0 Å². The van der Waals surface area contributed by atoms with E-state index in [0.717, 1.165) is 0 Å². The normalized spacial score (nSPS) is 28.6. The van der Waals surface area contributed by atoms with E-state index >= 15 is 0 Å². The molecule has 3 N–H and O–H groups in total. The molecule has 1 fully saturated rings. The van der Waals surface area contributed by atoms with Crippen molar-refractivity contribution in [1.82, 2.24) is 10.6 Å². The molecule has 1 saturated heterocycles. The zero-order valence-electron chi connectivity index (χ0n) is 9.28. The van der Waals surface area contributed by atoms with Crippen LogP contribution >= 0.6 is 0 Å². The van der Waals surface area contributed by atoms with Gasteiger partial charge in [0.2, 0.25) is 11.8 Å². The van der Waals surface area contributed by atoms with Crippen LogP contribution < -0.4 is 10.6 Å². The molecule has 0 aliphatic carbocycles. The van der Waals surface area contributed by atoms with Gasteiger partial charge in [0.1, 0.15) is 12.1 Å². The van der Waals surface area contributed by atoms with Crippen LogP contribution in [0.3, 0.4) is 0 Å². The lowest BCUT2D eigenvalue weighted by atomic mass is 9.99. The van der Waals surface area contributed by atoms with Crippen LogP contribution in [0.1, 0.15) is 27.2 Å². The standard InChI is InChI=1S/C10H18N2O3/c1-5(2)4-7-9(14)12-8(6(3)13)10(15)11-7/h5-8,13H,4H2,1-3H3,(H,11,15)(H,12,14). The summed E-state index contributed by atoms with van der Waals surface area (Å²) in [6, 6.07) is -1.28. The molecule has 3 unspecified atom stereocenters. The van der Waals surface area contributed by atoms with Crippen LogP contribution in [0.15, 0.2) is 0 Å². The van der Waals surface area contributed by atoms with Gasteiger partial charge in [-0.15, -0.1) is 0 Å². The number of piperazine rings is 1. The molecule has 0 spiro atoms. The lowest BCUT2D eigenvalue weighted by Crippen LogP contribution is -2.64. The number of carbonyl (C=O) groups excluding carboxylic acids is 2. The molecule has 86 valence electrons. The van der Waals surface area contributed by atoms with E-state index in [0.29, 0.717) is 12.3 Å². The van der Waals surface area contributed by atoms with Crippen molar-refractivity contribution in [3.05, 3.63) is 0 Å². The molecule has 0 bridgehead atoms. The summed E-state index contributed by atoms with van der Waals surface area (Å²) in [6.45, 7) is 5.45. The van der Waals surface area contributed by atoms with Crippen molar-refractivity contribution in [2.75, 3.05) is 0 Å². The van der Waals surface area contributed by atoms with E-state index in [1.54, 1.807) is 0 Å². The topological polar surface area (TPSA) is 78.4 Å². The molecule has 3 atom stereocenters. The van der Waals surface area contributed by atoms with Gasteiger partial charge in [0.15, 0.2) is 0 Å². The third-order valence-electron chi connectivity index (χ3n) is 2.40. The molecule has 1 heterocycles. The van der Waals surface area contributed by atoms with E-state index in [-0.39, 0.29) is 11.8 Å². The van der Waals surface area contributed by atoms with Crippen molar-refractivity contribution in [1.29, 1.82) is 0 Å². The number of nitrogens with one attached hydrogen (secondary N) is 2. The second-order valence-corrected chi connectivity index (χ2v) is 4.42. The second-order valence-electron chi connectivity index (χ2n) is 4.42. The first-order valence-electron chi connectivity index (χ1n) is 5.20. The summed E-state index contributed by atoms with van der Waals surface area (Å²) in [5, 5.41) is 14.4. The van der Waals surface area contributed by atoms with Crippen molar-refractivity contribution in [2.45, 2.75) is 45.4 Å². The van der Waals surface area contributed by atoms with E-state index in [2.05, 4.69) is 10.6 Å². The number of hydrogen-bond acceptors (Lipinski definition) is 3. The number of amides is 2. The van der Waals surface area contributed by atoms with Crippen molar-refractivity contribution in [3.63, 3.8) is 0 Å². The average molecular weight is 214 g/mol. The molecule has 5 nitrogen and oxygen atoms in total. The summed E-state index contributed by atoms with van der Waals surface area (Å²) in [7, 11) is 0. The van der Waals surface area contributed by atoms with Crippen molar-refractivity contribution in [2.24, 2.45) is 5.92 Å². The average Bonchev–Trinajstić information content (AvgIpc) is 2.09. The minimum atomic E-state index is -0.867. The van der Waals surface area contributed by atoms with Crippen LogP contribution in [0.2, 0.25) is 0 Å². The highest BCUT2D eigenvalue weighted by Crippen LogP contribution is 2.09. The minimum Gasteiger partial charge on any atom is -0.391 e. The third-order valence-corrected chi connectivity index (χ3v) is 2.40. The number of carbonyl (C=O) groups is 2. The quantitative estimate of drug-likeness (QED) is 0.587. The Labute approximate surface area is 89.2 Å². The summed E-state index contributed by atoms with van der Waals surface area (Å²) in [4.78, 5) is 23.0. The predicted molar refractivity (Wildman–Crippen MR) is 55.0 cm³/mol. The predicted octanol–water partition coefficient (Wildman–Crippen LogP) is -0.603. The van der Waals surface area contributed by atoms with E-state index in [1.807, 2.05) is 13.8 Å². The first kappa shape index (κ1) is 12.0. The van der Waals surface area contributed by atoms with Gasteiger partial charge in [0.25, 0.3) is 0 Å². The Balaban J connectivity index is 2.63. The Kier molecular flexibility index (Phi) is 3.68. The van der Waals surface area contributed by atoms with Gasteiger partial charge in [-0.05, 0) is 19.3 Å². The summed E-state index contributed by atoms with van der Waals surface area (Å²) in [6.07, 6.45) is -0.252. The Morgan fingerprint density at radius 2 is 1.80 bits per heavy atom. The maximum Gasteiger partial charge on any atom is 0.245 e. The van der Waals surface area contributed by atoms with E-state index in [9.17, 15) is 14.7 Å². The van der Waals surface area contributed by atoms with Gasteiger partial charge in [-0.3, -0.25) is 9.59 Å². The number of aliphatic hydroxyl groups excluding tert-OH is 1. The van der Waals surface area contributed by atoms with E-state index in [1.165, 1.54) is 6.92 Å². The van der Waals surface area contributed by atoms with Crippen molar-refractivity contribution >= 4 is 11.8 Å². The monoisotopic (exact) mass is 214 g/mol. The molecule has 0 aromatic carbocycles. The van der Waals surface area contributed by atoms with Crippen LogP contribution in [-0.4, -0.2) is 35.1 Å². The lowest BCUT2D eigenvalue weighted by molar-refractivity contribution is -0.139. The second kappa shape index (κ2) is 4.61. The van der Waals surface area contributed by atoms with Crippen LogP contribution in [0.4, 0.5) is 0 Å². The highest BCUT2D eigenvalue weighted by molar-refractivity contribution is 5.97. The molecule has 0 radical (unpaired) electrons. The summed E-state index contributed by atoms with van der Waals surface area (Å²) in [5.74, 6) is -0.186. The van der Waals surface area contributed by atoms with Gasteiger partial charge in [0.05, 0.1) is 6.10 Å². The Morgan fingerprint density at radius 1 is 1.20 bits per heavy atom. The van der Waals surface area contributed by atoms with Gasteiger partial charge in [-0.25, -0.2) is 0 Å². The lowest BCUT2D eigenvalue weighted by Gasteiger charge is -2.31. The van der Waals surface area contributed by atoms with Gasteiger partial charge in [-0.1, -0.05) is 13.8 Å². The Bertz CT molecular complexity index is 263. The molecule has 0 aromatic rings. The number of hydrogen-bond donors (Lipinski definition) is 3. The fraction of sp³-hybridized carbons (Fsp3) is 0.800. The minimum absolute atomic E-state index is 0.214. The van der Waals surface area contributed by atoms with E-state index < -0.39 is 18.2 Å². The maximum atomic E-state index is 11.6. The molecule has 1 rings (SSSR count). The van der Waals surface area contributed by atoms with Crippen molar-refractivity contribution < 1.29 is 14.7 Å². The maximum absolute atomic E-state index is 11.6. The van der Waals surface area contributed by atoms with Crippen LogP contribution in [0, 0.1) is 5.92 Å². The molecule has 5 heteroatoms. The van der Waals surface area contributed by atoms with Crippen LogP contribution in [0.25, 0.3) is 0 Å². The number of rotatable bonds is 3. The zero-order chi connectivity index (χ0) is 11.6. The molecular weight excluding hydrogens is 196 g/mol. The molecule has 0 saturated carbocycles. The molecule has 15 heavy (non-hydrogen) atoms. The van der Waals surface area contributed by atoms with E-state index in [4.69, 9.17) is 0 Å². The molecular formula is C10H18N2O3. The fourth-order valence-electron chi connectivity index (χ4n) is 1.62. The Hall–Kier alpha value is -1.10. The first-order chi connectivity index (χ1) is 6.91. The third kappa shape index (κ3) is 2.92. The summed E-state index contributed by atoms with van der Waals surface area (Å²) >= 11 is 0. The molecule has 1 aliphatic rings. The highest BCUT2D eigenvalue weighted by atomic mass is 16.3. The summed E-state index contributed by atoms with van der Waals surface area (Å²) in [5.41, 5.74) is 0. The first-order valence-corrected chi connectivity index (χ1v) is 5.20. The van der Waals surface area contributed by atoms with Gasteiger partial charge >= 0.3 is 0 Å². The Morgan fingerprint density at radius 3 is 2.27 bits per heavy atom. The molecule has 2 amide bonds. The molecule has 0 aromatic heterocycles. The van der Waals surface area contributed by atoms with Gasteiger partial charge < -0.3 is 15.7 Å². The molecule has 1 aliphatic heterocycles.